The van der Waals surface area contributed by atoms with E-state index < -0.39 is 11.0 Å². The second kappa shape index (κ2) is 6.37. The predicted octanol–water partition coefficient (Wildman–Crippen LogP) is 5.47. The molecule has 0 unspecified atom stereocenters. The summed E-state index contributed by atoms with van der Waals surface area (Å²) in [6.45, 7) is 7.19. The number of para-hydroxylation sites is 1. The quantitative estimate of drug-likeness (QED) is 0.264. The molecule has 0 radical (unpaired) electrons. The number of ether oxygens (including phenoxy) is 1. The highest BCUT2D eigenvalue weighted by Gasteiger charge is 2.25. The number of hydrogen-bond donors (Lipinski definition) is 0. The minimum absolute atomic E-state index is 0.336. The number of esters is 1. The lowest BCUT2D eigenvalue weighted by molar-refractivity contribution is -0.143. The second-order valence-corrected chi connectivity index (χ2v) is 7.88. The molecular weight excluding hydrogens is 356 g/mol. The molecule has 4 rings (SSSR count). The standard InChI is InChI=1S/C23H20O5/c1-13-9-19-15(11-18(13)28-22(25)23(2,3)4)16(12-21(24)27-19)20-10-14-7-5-6-8-17(14)26-20/h5-12H,1-4H3. The van der Waals surface area contributed by atoms with Crippen molar-refractivity contribution in [2.24, 2.45) is 5.41 Å². The summed E-state index contributed by atoms with van der Waals surface area (Å²) < 4.78 is 16.9. The first-order chi connectivity index (χ1) is 13.2. The molecule has 28 heavy (non-hydrogen) atoms. The average molecular weight is 376 g/mol. The zero-order valence-electron chi connectivity index (χ0n) is 16.2. The van der Waals surface area contributed by atoms with E-state index in [2.05, 4.69) is 0 Å². The van der Waals surface area contributed by atoms with Crippen LogP contribution in [0.15, 0.2) is 62.2 Å². The van der Waals surface area contributed by atoms with Crippen LogP contribution in [0.1, 0.15) is 26.3 Å². The average Bonchev–Trinajstić information content (AvgIpc) is 3.05. The minimum Gasteiger partial charge on any atom is -0.456 e. The molecular formula is C23H20O5. The molecule has 0 amide bonds. The van der Waals surface area contributed by atoms with Crippen molar-refractivity contribution >= 4 is 27.9 Å². The Morgan fingerprint density at radius 3 is 2.43 bits per heavy atom. The summed E-state index contributed by atoms with van der Waals surface area (Å²) in [5, 5.41) is 1.58. The Morgan fingerprint density at radius 2 is 1.71 bits per heavy atom. The van der Waals surface area contributed by atoms with Gasteiger partial charge in [-0.15, -0.1) is 0 Å². The lowest BCUT2D eigenvalue weighted by Gasteiger charge is -2.17. The molecule has 0 spiro atoms. The van der Waals surface area contributed by atoms with Gasteiger partial charge >= 0.3 is 11.6 Å². The van der Waals surface area contributed by atoms with Gasteiger partial charge in [0.25, 0.3) is 0 Å². The molecule has 5 nitrogen and oxygen atoms in total. The van der Waals surface area contributed by atoms with E-state index in [1.165, 1.54) is 6.07 Å². The van der Waals surface area contributed by atoms with E-state index in [-0.39, 0.29) is 5.97 Å². The number of carbonyl (C=O) groups excluding carboxylic acids is 1. The maximum absolute atomic E-state index is 12.3. The van der Waals surface area contributed by atoms with Crippen molar-refractivity contribution in [3.8, 4) is 17.1 Å². The zero-order valence-corrected chi connectivity index (χ0v) is 16.2. The molecule has 0 N–H and O–H groups in total. The topological polar surface area (TPSA) is 69.7 Å². The summed E-state index contributed by atoms with van der Waals surface area (Å²) in [5.74, 6) is 0.646. The van der Waals surface area contributed by atoms with Crippen molar-refractivity contribution in [1.82, 2.24) is 0 Å². The maximum Gasteiger partial charge on any atom is 0.336 e. The van der Waals surface area contributed by atoms with E-state index in [0.29, 0.717) is 33.6 Å². The van der Waals surface area contributed by atoms with Gasteiger partial charge in [-0.25, -0.2) is 4.79 Å². The zero-order chi connectivity index (χ0) is 20.1. The van der Waals surface area contributed by atoms with E-state index >= 15 is 0 Å². The molecule has 0 aliphatic rings. The van der Waals surface area contributed by atoms with Crippen molar-refractivity contribution in [2.45, 2.75) is 27.7 Å². The molecule has 5 heteroatoms. The van der Waals surface area contributed by atoms with Gasteiger partial charge in [-0.1, -0.05) is 18.2 Å². The Labute approximate surface area is 161 Å². The first-order valence-electron chi connectivity index (χ1n) is 9.02. The predicted molar refractivity (Wildman–Crippen MR) is 108 cm³/mol. The van der Waals surface area contributed by atoms with E-state index in [4.69, 9.17) is 13.6 Å². The van der Waals surface area contributed by atoms with E-state index in [1.54, 1.807) is 39.8 Å². The third-order valence-corrected chi connectivity index (χ3v) is 4.55. The van der Waals surface area contributed by atoms with E-state index in [9.17, 15) is 9.59 Å². The molecule has 0 aliphatic carbocycles. The van der Waals surface area contributed by atoms with Gasteiger partial charge in [-0.05, 0) is 57.5 Å². The normalized spacial score (nSPS) is 11.9. The van der Waals surface area contributed by atoms with Gasteiger partial charge < -0.3 is 13.6 Å². The number of furan rings is 1. The van der Waals surface area contributed by atoms with Crippen LogP contribution in [0.25, 0.3) is 33.3 Å². The first-order valence-corrected chi connectivity index (χ1v) is 9.02. The summed E-state index contributed by atoms with van der Waals surface area (Å²) in [4.78, 5) is 24.4. The van der Waals surface area contributed by atoms with E-state index in [1.807, 2.05) is 30.3 Å². The SMILES string of the molecule is Cc1cc2oc(=O)cc(-c3cc4ccccc4o3)c2cc1OC(=O)C(C)(C)C. The fourth-order valence-corrected chi connectivity index (χ4v) is 2.97. The van der Waals surface area contributed by atoms with Gasteiger partial charge in [0.05, 0.1) is 5.41 Å². The molecule has 0 bridgehead atoms. The number of rotatable bonds is 2. The molecule has 0 saturated carbocycles. The third kappa shape index (κ3) is 3.20. The van der Waals surface area contributed by atoms with Gasteiger partial charge in [0.2, 0.25) is 0 Å². The third-order valence-electron chi connectivity index (χ3n) is 4.55. The van der Waals surface area contributed by atoms with Gasteiger partial charge in [0.15, 0.2) is 0 Å². The number of hydrogen-bond acceptors (Lipinski definition) is 5. The number of aryl methyl sites for hydroxylation is 1. The lowest BCUT2D eigenvalue weighted by Crippen LogP contribution is -2.25. The van der Waals surface area contributed by atoms with Crippen LogP contribution in [0.5, 0.6) is 5.75 Å². The van der Waals surface area contributed by atoms with Crippen LogP contribution < -0.4 is 10.4 Å². The van der Waals surface area contributed by atoms with Crippen molar-refractivity contribution in [3.63, 3.8) is 0 Å². The van der Waals surface area contributed by atoms with Crippen LogP contribution in [0.2, 0.25) is 0 Å². The van der Waals surface area contributed by atoms with Crippen LogP contribution >= 0.6 is 0 Å². The smallest absolute Gasteiger partial charge is 0.336 e. The van der Waals surface area contributed by atoms with E-state index in [0.717, 1.165) is 11.0 Å². The van der Waals surface area contributed by atoms with Gasteiger partial charge in [-0.2, -0.15) is 0 Å². The van der Waals surface area contributed by atoms with Crippen molar-refractivity contribution in [2.75, 3.05) is 0 Å². The lowest BCUT2D eigenvalue weighted by atomic mass is 9.97. The molecule has 0 fully saturated rings. The summed E-state index contributed by atoms with van der Waals surface area (Å²) in [7, 11) is 0. The highest BCUT2D eigenvalue weighted by Crippen LogP contribution is 2.35. The van der Waals surface area contributed by atoms with Crippen molar-refractivity contribution < 1.29 is 18.4 Å². The second-order valence-electron chi connectivity index (χ2n) is 7.88. The van der Waals surface area contributed by atoms with Crippen molar-refractivity contribution in [3.05, 3.63) is 64.5 Å². The van der Waals surface area contributed by atoms with Gasteiger partial charge in [0.1, 0.15) is 22.7 Å². The first kappa shape index (κ1) is 18.0. The minimum atomic E-state index is -0.633. The van der Waals surface area contributed by atoms with Gasteiger partial charge in [0, 0.05) is 22.4 Å². The Kier molecular flexibility index (Phi) is 4.11. The van der Waals surface area contributed by atoms with Gasteiger partial charge in [-0.3, -0.25) is 4.79 Å². The highest BCUT2D eigenvalue weighted by molar-refractivity contribution is 5.96. The Balaban J connectivity index is 1.92. The fourth-order valence-electron chi connectivity index (χ4n) is 2.97. The molecule has 2 heterocycles. The van der Waals surface area contributed by atoms with Crippen molar-refractivity contribution in [1.29, 1.82) is 0 Å². The molecule has 142 valence electrons. The van der Waals surface area contributed by atoms with Crippen LogP contribution in [0.4, 0.5) is 0 Å². The fraction of sp³-hybridized carbons (Fsp3) is 0.217. The van der Waals surface area contributed by atoms with Crippen LogP contribution in [-0.2, 0) is 4.79 Å². The molecule has 4 aromatic rings. The molecule has 0 aliphatic heterocycles. The maximum atomic E-state index is 12.3. The number of fused-ring (bicyclic) bond motifs is 2. The summed E-state index contributed by atoms with van der Waals surface area (Å²) in [5.41, 5.74) is 1.33. The Morgan fingerprint density at radius 1 is 0.964 bits per heavy atom. The summed E-state index contributed by atoms with van der Waals surface area (Å²) in [6, 6.07) is 14.3. The highest BCUT2D eigenvalue weighted by atomic mass is 16.5. The largest absolute Gasteiger partial charge is 0.456 e. The number of carbonyl (C=O) groups is 1. The molecule has 2 aromatic carbocycles. The molecule has 0 saturated heterocycles. The number of benzene rings is 2. The summed E-state index contributed by atoms with van der Waals surface area (Å²) in [6.07, 6.45) is 0. The Hall–Kier alpha value is -3.34. The monoisotopic (exact) mass is 376 g/mol. The van der Waals surface area contributed by atoms with Crippen LogP contribution in [0.3, 0.4) is 0 Å². The molecule has 2 aromatic heterocycles. The molecule has 0 atom stereocenters. The summed E-state index contributed by atoms with van der Waals surface area (Å²) >= 11 is 0. The van der Waals surface area contributed by atoms with Crippen LogP contribution in [0, 0.1) is 12.3 Å². The Bertz CT molecular complexity index is 1230. The van der Waals surface area contributed by atoms with Crippen LogP contribution in [-0.4, -0.2) is 5.97 Å².